The van der Waals surface area contributed by atoms with Crippen molar-refractivity contribution in [3.8, 4) is 0 Å². The summed E-state index contributed by atoms with van der Waals surface area (Å²) in [5.74, 6) is 0.173. The Labute approximate surface area is 137 Å². The summed E-state index contributed by atoms with van der Waals surface area (Å²) in [5, 5.41) is 1.11. The molecule has 0 bridgehead atoms. The van der Waals surface area contributed by atoms with Crippen LogP contribution in [0.1, 0.15) is 43.1 Å². The molecule has 3 heterocycles. The van der Waals surface area contributed by atoms with E-state index in [0.29, 0.717) is 12.1 Å². The van der Waals surface area contributed by atoms with Gasteiger partial charge in [0.1, 0.15) is 5.69 Å². The molecule has 23 heavy (non-hydrogen) atoms. The number of nitrogens with one attached hydrogen (secondary N) is 1. The van der Waals surface area contributed by atoms with Gasteiger partial charge in [-0.1, -0.05) is 25.1 Å². The molecule has 0 aliphatic carbocycles. The average molecular weight is 311 g/mol. The zero-order valence-electron chi connectivity index (χ0n) is 13.8. The van der Waals surface area contributed by atoms with Crippen LogP contribution in [0.4, 0.5) is 0 Å². The molecular weight excluding hydrogens is 286 g/mol. The van der Waals surface area contributed by atoms with Crippen LogP contribution in [0.3, 0.4) is 0 Å². The molecule has 1 N–H and O–H groups in total. The first-order chi connectivity index (χ1) is 11.3. The number of likely N-dealkylation sites (N-methyl/N-ethyl adjacent to an activating group) is 1. The Kier molecular flexibility index (Phi) is 3.85. The molecule has 122 valence electrons. The van der Waals surface area contributed by atoms with E-state index < -0.39 is 0 Å². The summed E-state index contributed by atoms with van der Waals surface area (Å²) in [5.41, 5.74) is 1.78. The summed E-state index contributed by atoms with van der Waals surface area (Å²) in [4.78, 5) is 21.0. The second-order valence-corrected chi connectivity index (χ2v) is 6.82. The van der Waals surface area contributed by atoms with Crippen LogP contribution in [0.25, 0.3) is 10.9 Å². The first-order valence-corrected chi connectivity index (χ1v) is 8.90. The fraction of sp³-hybridized carbons (Fsp3) is 0.526. The smallest absolute Gasteiger partial charge is 0.270 e. The molecule has 4 rings (SSSR count). The van der Waals surface area contributed by atoms with E-state index in [4.69, 9.17) is 0 Å². The molecular formula is C19H25N3O. The van der Waals surface area contributed by atoms with Gasteiger partial charge >= 0.3 is 0 Å². The van der Waals surface area contributed by atoms with E-state index in [0.717, 1.165) is 42.5 Å². The van der Waals surface area contributed by atoms with Crippen LogP contribution in [-0.2, 0) is 0 Å². The first kappa shape index (κ1) is 14.8. The number of carbonyl (C=O) groups is 1. The zero-order chi connectivity index (χ0) is 15.8. The van der Waals surface area contributed by atoms with Crippen molar-refractivity contribution in [2.75, 3.05) is 19.6 Å². The average Bonchev–Trinajstić information content (AvgIpc) is 3.30. The molecule has 2 aliphatic rings. The van der Waals surface area contributed by atoms with E-state index in [9.17, 15) is 4.79 Å². The summed E-state index contributed by atoms with van der Waals surface area (Å²) in [6, 6.07) is 11.0. The summed E-state index contributed by atoms with van der Waals surface area (Å²) < 4.78 is 0. The third-order valence-corrected chi connectivity index (χ3v) is 5.59. The van der Waals surface area contributed by atoms with Crippen LogP contribution in [-0.4, -0.2) is 52.4 Å². The molecule has 2 fully saturated rings. The topological polar surface area (TPSA) is 39.3 Å². The summed E-state index contributed by atoms with van der Waals surface area (Å²) in [6.45, 7) is 5.41. The third kappa shape index (κ3) is 2.55. The number of likely N-dealkylation sites (tertiary alicyclic amines) is 2. The van der Waals surface area contributed by atoms with Crippen molar-refractivity contribution >= 4 is 16.8 Å². The second-order valence-electron chi connectivity index (χ2n) is 6.82. The van der Waals surface area contributed by atoms with Crippen LogP contribution < -0.4 is 0 Å². The summed E-state index contributed by atoms with van der Waals surface area (Å²) in [7, 11) is 0. The predicted molar refractivity (Wildman–Crippen MR) is 92.6 cm³/mol. The quantitative estimate of drug-likeness (QED) is 0.945. The molecule has 1 aromatic carbocycles. The van der Waals surface area contributed by atoms with Crippen LogP contribution in [0.2, 0.25) is 0 Å². The first-order valence-electron chi connectivity index (χ1n) is 8.90. The van der Waals surface area contributed by atoms with E-state index in [1.807, 2.05) is 24.3 Å². The van der Waals surface area contributed by atoms with Gasteiger partial charge in [-0.2, -0.15) is 0 Å². The van der Waals surface area contributed by atoms with Gasteiger partial charge in [-0.25, -0.2) is 0 Å². The molecule has 4 nitrogen and oxygen atoms in total. The van der Waals surface area contributed by atoms with E-state index in [2.05, 4.69) is 27.8 Å². The van der Waals surface area contributed by atoms with Crippen molar-refractivity contribution in [3.05, 3.63) is 36.0 Å². The Morgan fingerprint density at radius 3 is 2.78 bits per heavy atom. The van der Waals surface area contributed by atoms with Gasteiger partial charge in [-0.05, 0) is 50.9 Å². The van der Waals surface area contributed by atoms with Crippen molar-refractivity contribution in [2.45, 2.75) is 44.7 Å². The van der Waals surface area contributed by atoms with Crippen molar-refractivity contribution in [2.24, 2.45) is 0 Å². The summed E-state index contributed by atoms with van der Waals surface area (Å²) in [6.07, 6.45) is 4.77. The highest BCUT2D eigenvalue weighted by Gasteiger charge is 2.39. The largest absolute Gasteiger partial charge is 0.351 e. The minimum absolute atomic E-state index is 0.173. The number of aromatic nitrogens is 1. The highest BCUT2D eigenvalue weighted by atomic mass is 16.2. The number of para-hydroxylation sites is 1. The lowest BCUT2D eigenvalue weighted by atomic mass is 10.0. The van der Waals surface area contributed by atoms with Gasteiger partial charge in [-0.15, -0.1) is 0 Å². The Morgan fingerprint density at radius 1 is 1.17 bits per heavy atom. The van der Waals surface area contributed by atoms with E-state index in [1.165, 1.54) is 19.4 Å². The fourth-order valence-electron chi connectivity index (χ4n) is 4.47. The molecule has 4 heteroatoms. The predicted octanol–water partition coefficient (Wildman–Crippen LogP) is 3.26. The number of amides is 1. The van der Waals surface area contributed by atoms with Crippen LogP contribution in [0.5, 0.6) is 0 Å². The number of aromatic amines is 1. The molecule has 2 aliphatic heterocycles. The second kappa shape index (κ2) is 6.00. The van der Waals surface area contributed by atoms with Gasteiger partial charge in [-0.3, -0.25) is 9.69 Å². The molecule has 1 aromatic heterocycles. The van der Waals surface area contributed by atoms with Gasteiger partial charge in [0.05, 0.1) is 0 Å². The minimum Gasteiger partial charge on any atom is -0.351 e. The monoisotopic (exact) mass is 311 g/mol. The summed E-state index contributed by atoms with van der Waals surface area (Å²) >= 11 is 0. The standard InChI is InChI=1S/C19H25N3O/c1-2-21-11-5-9-17(21)18-10-6-12-22(18)19(23)16-13-14-7-3-4-8-15(14)20-16/h3-4,7-8,13,17-18,20H,2,5-6,9-12H2,1H3. The van der Waals surface area contributed by atoms with Crippen LogP contribution >= 0.6 is 0 Å². The lowest BCUT2D eigenvalue weighted by Crippen LogP contribution is -2.48. The Hall–Kier alpha value is -1.81. The lowest BCUT2D eigenvalue weighted by Gasteiger charge is -2.34. The molecule has 1 amide bonds. The maximum absolute atomic E-state index is 13.1. The van der Waals surface area contributed by atoms with Gasteiger partial charge in [0.25, 0.3) is 5.91 Å². The highest BCUT2D eigenvalue weighted by Crippen LogP contribution is 2.31. The van der Waals surface area contributed by atoms with E-state index in [-0.39, 0.29) is 5.91 Å². The molecule has 0 saturated carbocycles. The van der Waals surface area contributed by atoms with E-state index >= 15 is 0 Å². The number of nitrogens with zero attached hydrogens (tertiary/aromatic N) is 2. The maximum Gasteiger partial charge on any atom is 0.270 e. The van der Waals surface area contributed by atoms with Crippen molar-refractivity contribution in [1.29, 1.82) is 0 Å². The Bertz CT molecular complexity index is 674. The zero-order valence-corrected chi connectivity index (χ0v) is 13.8. The SMILES string of the molecule is CCN1CCCC1C1CCCN1C(=O)c1cc2ccccc2[nH]1. The number of benzene rings is 1. The number of rotatable bonds is 3. The molecule has 0 radical (unpaired) electrons. The third-order valence-electron chi connectivity index (χ3n) is 5.59. The molecule has 2 unspecified atom stereocenters. The minimum atomic E-state index is 0.173. The Balaban J connectivity index is 1.59. The Morgan fingerprint density at radius 2 is 1.96 bits per heavy atom. The number of hydrogen-bond acceptors (Lipinski definition) is 2. The number of H-pyrrole nitrogens is 1. The van der Waals surface area contributed by atoms with Crippen LogP contribution in [0.15, 0.2) is 30.3 Å². The molecule has 0 spiro atoms. The molecule has 2 atom stereocenters. The number of hydrogen-bond donors (Lipinski definition) is 1. The number of fused-ring (bicyclic) bond motifs is 1. The maximum atomic E-state index is 13.1. The van der Waals surface area contributed by atoms with E-state index in [1.54, 1.807) is 0 Å². The van der Waals surface area contributed by atoms with Gasteiger partial charge < -0.3 is 9.88 Å². The lowest BCUT2D eigenvalue weighted by molar-refractivity contribution is 0.0645. The highest BCUT2D eigenvalue weighted by molar-refractivity contribution is 5.98. The fourth-order valence-corrected chi connectivity index (χ4v) is 4.47. The van der Waals surface area contributed by atoms with Gasteiger partial charge in [0, 0.05) is 29.5 Å². The molecule has 2 aromatic rings. The van der Waals surface area contributed by atoms with Crippen molar-refractivity contribution in [3.63, 3.8) is 0 Å². The van der Waals surface area contributed by atoms with Crippen molar-refractivity contribution in [1.82, 2.24) is 14.8 Å². The van der Waals surface area contributed by atoms with Gasteiger partial charge in [0.15, 0.2) is 0 Å². The van der Waals surface area contributed by atoms with Gasteiger partial charge in [0.2, 0.25) is 0 Å². The number of carbonyl (C=O) groups excluding carboxylic acids is 1. The molecule has 2 saturated heterocycles. The van der Waals surface area contributed by atoms with Crippen LogP contribution in [0, 0.1) is 0 Å². The normalized spacial score (nSPS) is 25.5. The van der Waals surface area contributed by atoms with Crippen molar-refractivity contribution < 1.29 is 4.79 Å².